The summed E-state index contributed by atoms with van der Waals surface area (Å²) >= 11 is 0. The molecule has 1 heterocycles. The molecule has 2 N–H and O–H groups in total. The van der Waals surface area contributed by atoms with Crippen LogP contribution in [0, 0.1) is 5.92 Å². The lowest BCUT2D eigenvalue weighted by Crippen LogP contribution is -2.28. The normalized spacial score (nSPS) is 14.9. The summed E-state index contributed by atoms with van der Waals surface area (Å²) in [5.74, 6) is -0.399. The molecular formula is C28H29N3O5. The van der Waals surface area contributed by atoms with Crippen molar-refractivity contribution in [3.05, 3.63) is 78.4 Å². The molecular weight excluding hydrogens is 458 g/mol. The standard InChI is InChI=1S/C28H29N3O5/c1-3-35-24-17-23(25(36-4-2)16-22(24)29-27(33)19-11-7-5-8-12-19)30-28(34)20-15-26(32)31(18-20)21-13-9-6-10-14-21/h5-14,16-17,20H,3-4,15,18H2,1-2H3,(H,29,33)(H,30,34). The molecule has 186 valence electrons. The fourth-order valence-corrected chi connectivity index (χ4v) is 4.06. The molecule has 1 aliphatic rings. The number of para-hydroxylation sites is 1. The summed E-state index contributed by atoms with van der Waals surface area (Å²) in [5, 5.41) is 5.77. The van der Waals surface area contributed by atoms with E-state index in [0.717, 1.165) is 5.69 Å². The van der Waals surface area contributed by atoms with Crippen LogP contribution in [0.25, 0.3) is 0 Å². The van der Waals surface area contributed by atoms with Gasteiger partial charge in [-0.05, 0) is 38.1 Å². The van der Waals surface area contributed by atoms with Crippen LogP contribution in [-0.4, -0.2) is 37.5 Å². The van der Waals surface area contributed by atoms with Gasteiger partial charge in [0.25, 0.3) is 5.91 Å². The number of hydrogen-bond acceptors (Lipinski definition) is 5. The van der Waals surface area contributed by atoms with Crippen molar-refractivity contribution in [1.29, 1.82) is 0 Å². The molecule has 1 aliphatic heterocycles. The van der Waals surface area contributed by atoms with Crippen LogP contribution in [0.1, 0.15) is 30.6 Å². The average molecular weight is 488 g/mol. The largest absolute Gasteiger partial charge is 0.492 e. The lowest BCUT2D eigenvalue weighted by molar-refractivity contribution is -0.122. The predicted octanol–water partition coefficient (Wildman–Crippen LogP) is 4.73. The molecule has 3 amide bonds. The van der Waals surface area contributed by atoms with E-state index in [2.05, 4.69) is 10.6 Å². The Kier molecular flexibility index (Phi) is 7.85. The Morgan fingerprint density at radius 3 is 2.00 bits per heavy atom. The minimum absolute atomic E-state index is 0.0969. The van der Waals surface area contributed by atoms with Gasteiger partial charge in [-0.3, -0.25) is 14.4 Å². The van der Waals surface area contributed by atoms with E-state index < -0.39 is 5.92 Å². The molecule has 3 aromatic carbocycles. The summed E-state index contributed by atoms with van der Waals surface area (Å²) in [5.41, 5.74) is 2.11. The van der Waals surface area contributed by atoms with Gasteiger partial charge in [-0.25, -0.2) is 0 Å². The Balaban J connectivity index is 1.55. The number of hydrogen-bond donors (Lipinski definition) is 2. The first-order valence-corrected chi connectivity index (χ1v) is 12.0. The summed E-state index contributed by atoms with van der Waals surface area (Å²) in [6.07, 6.45) is 0.119. The van der Waals surface area contributed by atoms with Gasteiger partial charge in [0, 0.05) is 36.3 Å². The maximum atomic E-state index is 13.2. The Morgan fingerprint density at radius 1 is 0.861 bits per heavy atom. The maximum absolute atomic E-state index is 13.2. The first kappa shape index (κ1) is 24.8. The lowest BCUT2D eigenvalue weighted by atomic mass is 10.1. The molecule has 0 bridgehead atoms. The van der Waals surface area contributed by atoms with Gasteiger partial charge in [-0.15, -0.1) is 0 Å². The maximum Gasteiger partial charge on any atom is 0.255 e. The Labute approximate surface area is 210 Å². The van der Waals surface area contributed by atoms with Crippen LogP contribution in [0.4, 0.5) is 17.1 Å². The van der Waals surface area contributed by atoms with Crippen molar-refractivity contribution in [2.45, 2.75) is 20.3 Å². The summed E-state index contributed by atoms with van der Waals surface area (Å²) in [6, 6.07) is 21.4. The number of anilines is 3. The van der Waals surface area contributed by atoms with Gasteiger partial charge >= 0.3 is 0 Å². The Bertz CT molecular complexity index is 1230. The minimum atomic E-state index is -0.514. The van der Waals surface area contributed by atoms with Crippen LogP contribution in [0.5, 0.6) is 11.5 Å². The van der Waals surface area contributed by atoms with Crippen molar-refractivity contribution in [3.8, 4) is 11.5 Å². The molecule has 1 fully saturated rings. The van der Waals surface area contributed by atoms with Crippen molar-refractivity contribution < 1.29 is 23.9 Å². The highest BCUT2D eigenvalue weighted by molar-refractivity contribution is 6.06. The van der Waals surface area contributed by atoms with Gasteiger partial charge in [0.2, 0.25) is 11.8 Å². The molecule has 1 saturated heterocycles. The van der Waals surface area contributed by atoms with E-state index in [1.165, 1.54) is 0 Å². The van der Waals surface area contributed by atoms with E-state index in [1.54, 1.807) is 41.3 Å². The van der Waals surface area contributed by atoms with Gasteiger partial charge < -0.3 is 25.0 Å². The number of nitrogens with one attached hydrogen (secondary N) is 2. The molecule has 0 saturated carbocycles. The zero-order valence-electron chi connectivity index (χ0n) is 20.3. The van der Waals surface area contributed by atoms with Crippen molar-refractivity contribution >= 4 is 34.8 Å². The SMILES string of the molecule is CCOc1cc(NC(=O)C2CC(=O)N(c3ccccc3)C2)c(OCC)cc1NC(=O)c1ccccc1. The van der Waals surface area contributed by atoms with Gasteiger partial charge in [-0.2, -0.15) is 0 Å². The summed E-state index contributed by atoms with van der Waals surface area (Å²) in [6.45, 7) is 4.67. The van der Waals surface area contributed by atoms with E-state index in [4.69, 9.17) is 9.47 Å². The van der Waals surface area contributed by atoms with Crippen LogP contribution in [-0.2, 0) is 9.59 Å². The quantitative estimate of drug-likeness (QED) is 0.455. The van der Waals surface area contributed by atoms with Crippen LogP contribution in [0.3, 0.4) is 0 Å². The molecule has 0 aliphatic carbocycles. The van der Waals surface area contributed by atoms with Crippen molar-refractivity contribution in [3.63, 3.8) is 0 Å². The minimum Gasteiger partial charge on any atom is -0.492 e. The first-order chi connectivity index (χ1) is 17.5. The van der Waals surface area contributed by atoms with Crippen molar-refractivity contribution in [2.24, 2.45) is 5.92 Å². The van der Waals surface area contributed by atoms with Crippen molar-refractivity contribution in [1.82, 2.24) is 0 Å². The third-order valence-electron chi connectivity index (χ3n) is 5.79. The highest BCUT2D eigenvalue weighted by Crippen LogP contribution is 2.38. The summed E-state index contributed by atoms with van der Waals surface area (Å²) in [7, 11) is 0. The number of rotatable bonds is 9. The topological polar surface area (TPSA) is 97.0 Å². The second-order valence-electron chi connectivity index (χ2n) is 8.26. The molecule has 36 heavy (non-hydrogen) atoms. The van der Waals surface area contributed by atoms with E-state index in [1.807, 2.05) is 50.2 Å². The molecule has 3 aromatic rings. The van der Waals surface area contributed by atoms with Gasteiger partial charge in [0.15, 0.2) is 0 Å². The number of benzene rings is 3. The van der Waals surface area contributed by atoms with E-state index in [9.17, 15) is 14.4 Å². The third kappa shape index (κ3) is 5.66. The Morgan fingerprint density at radius 2 is 1.42 bits per heavy atom. The molecule has 8 heteroatoms. The lowest BCUT2D eigenvalue weighted by Gasteiger charge is -2.19. The molecule has 0 radical (unpaired) electrons. The second-order valence-corrected chi connectivity index (χ2v) is 8.26. The number of ether oxygens (including phenoxy) is 2. The molecule has 1 unspecified atom stereocenters. The molecule has 1 atom stereocenters. The Hall–Kier alpha value is -4.33. The number of carbonyl (C=O) groups is 3. The van der Waals surface area contributed by atoms with Crippen LogP contribution in [0.15, 0.2) is 72.8 Å². The van der Waals surface area contributed by atoms with Gasteiger partial charge in [0.1, 0.15) is 11.5 Å². The second kappa shape index (κ2) is 11.4. The molecule has 4 rings (SSSR count). The molecule has 8 nitrogen and oxygen atoms in total. The van der Waals surface area contributed by atoms with Crippen LogP contribution in [0.2, 0.25) is 0 Å². The third-order valence-corrected chi connectivity index (χ3v) is 5.79. The smallest absolute Gasteiger partial charge is 0.255 e. The van der Waals surface area contributed by atoms with E-state index in [-0.39, 0.29) is 24.1 Å². The number of nitrogens with zero attached hydrogens (tertiary/aromatic N) is 1. The predicted molar refractivity (Wildman–Crippen MR) is 139 cm³/mol. The van der Waals surface area contributed by atoms with E-state index in [0.29, 0.717) is 48.2 Å². The molecule has 0 aromatic heterocycles. The highest BCUT2D eigenvalue weighted by Gasteiger charge is 2.35. The summed E-state index contributed by atoms with van der Waals surface area (Å²) < 4.78 is 11.5. The zero-order chi connectivity index (χ0) is 25.5. The van der Waals surface area contributed by atoms with Crippen LogP contribution >= 0.6 is 0 Å². The highest BCUT2D eigenvalue weighted by atomic mass is 16.5. The fraction of sp³-hybridized carbons (Fsp3) is 0.250. The number of amides is 3. The summed E-state index contributed by atoms with van der Waals surface area (Å²) in [4.78, 5) is 40.1. The zero-order valence-corrected chi connectivity index (χ0v) is 20.3. The van der Waals surface area contributed by atoms with Crippen LogP contribution < -0.4 is 25.0 Å². The monoisotopic (exact) mass is 487 g/mol. The average Bonchev–Trinajstić information content (AvgIpc) is 3.29. The number of carbonyl (C=O) groups excluding carboxylic acids is 3. The fourth-order valence-electron chi connectivity index (χ4n) is 4.06. The van der Waals surface area contributed by atoms with Gasteiger partial charge in [0.05, 0.1) is 30.5 Å². The van der Waals surface area contributed by atoms with Gasteiger partial charge in [-0.1, -0.05) is 36.4 Å². The molecule has 0 spiro atoms. The van der Waals surface area contributed by atoms with E-state index >= 15 is 0 Å². The first-order valence-electron chi connectivity index (χ1n) is 12.0. The van der Waals surface area contributed by atoms with Crippen molar-refractivity contribution in [2.75, 3.05) is 35.3 Å².